The molecule has 5 heteroatoms. The molecule has 0 aliphatic rings. The molecule has 94 valence electrons. The zero-order chi connectivity index (χ0) is 12.7. The van der Waals surface area contributed by atoms with Gasteiger partial charge in [0, 0.05) is 18.0 Å². The molecule has 0 saturated carbocycles. The molecule has 0 fully saturated rings. The summed E-state index contributed by atoms with van der Waals surface area (Å²) in [7, 11) is 0. The summed E-state index contributed by atoms with van der Waals surface area (Å²) >= 11 is 1.68. The molecular formula is C12H18N2O2S. The Morgan fingerprint density at radius 3 is 2.94 bits per heavy atom. The second-order valence-electron chi connectivity index (χ2n) is 3.68. The molecule has 1 aromatic rings. The van der Waals surface area contributed by atoms with Gasteiger partial charge in [0.15, 0.2) is 0 Å². The number of aliphatic hydroxyl groups is 1. The minimum absolute atomic E-state index is 0.221. The quantitative estimate of drug-likeness (QED) is 0.706. The molecule has 0 aliphatic carbocycles. The average Bonchev–Trinajstić information content (AvgIpc) is 2.29. The van der Waals surface area contributed by atoms with E-state index in [-0.39, 0.29) is 6.03 Å². The highest BCUT2D eigenvalue weighted by Gasteiger charge is 2.04. The third kappa shape index (κ3) is 5.10. The predicted molar refractivity (Wildman–Crippen MR) is 72.5 cm³/mol. The molecule has 2 amide bonds. The summed E-state index contributed by atoms with van der Waals surface area (Å²) < 4.78 is 0. The molecule has 17 heavy (non-hydrogen) atoms. The van der Waals surface area contributed by atoms with Crippen molar-refractivity contribution in [2.75, 3.05) is 23.9 Å². The van der Waals surface area contributed by atoms with Crippen LogP contribution in [0.1, 0.15) is 18.6 Å². The van der Waals surface area contributed by atoms with Gasteiger partial charge in [0.1, 0.15) is 0 Å². The molecule has 0 aliphatic heterocycles. The molecule has 3 N–H and O–H groups in total. The average molecular weight is 254 g/mol. The van der Waals surface area contributed by atoms with Crippen LogP contribution in [0.25, 0.3) is 0 Å². The maximum absolute atomic E-state index is 11.5. The van der Waals surface area contributed by atoms with Gasteiger partial charge in [-0.3, -0.25) is 0 Å². The lowest BCUT2D eigenvalue weighted by Gasteiger charge is -2.09. The lowest BCUT2D eigenvalue weighted by atomic mass is 10.1. The van der Waals surface area contributed by atoms with Crippen molar-refractivity contribution in [1.82, 2.24) is 5.32 Å². The summed E-state index contributed by atoms with van der Waals surface area (Å²) in [6.07, 6.45) is 1.46. The fourth-order valence-corrected chi connectivity index (χ4v) is 1.62. The van der Waals surface area contributed by atoms with Gasteiger partial charge in [0.05, 0.1) is 6.10 Å². The van der Waals surface area contributed by atoms with E-state index in [2.05, 4.69) is 10.6 Å². The van der Waals surface area contributed by atoms with E-state index in [0.29, 0.717) is 12.2 Å². The van der Waals surface area contributed by atoms with Crippen molar-refractivity contribution in [1.29, 1.82) is 0 Å². The number of hydrogen-bond acceptors (Lipinski definition) is 3. The highest BCUT2D eigenvalue weighted by molar-refractivity contribution is 7.98. The van der Waals surface area contributed by atoms with Crippen LogP contribution < -0.4 is 10.6 Å². The van der Waals surface area contributed by atoms with Gasteiger partial charge in [-0.2, -0.15) is 11.8 Å². The molecule has 0 bridgehead atoms. The summed E-state index contributed by atoms with van der Waals surface area (Å²) in [6.45, 7) is 2.33. The van der Waals surface area contributed by atoms with Crippen LogP contribution in [-0.2, 0) is 0 Å². The van der Waals surface area contributed by atoms with E-state index < -0.39 is 6.10 Å². The minimum atomic E-state index is -0.531. The first-order valence-electron chi connectivity index (χ1n) is 5.45. The maximum Gasteiger partial charge on any atom is 0.319 e. The van der Waals surface area contributed by atoms with Crippen molar-refractivity contribution in [3.8, 4) is 0 Å². The molecule has 0 spiro atoms. The Morgan fingerprint density at radius 1 is 1.53 bits per heavy atom. The van der Waals surface area contributed by atoms with E-state index in [1.165, 1.54) is 0 Å². The number of urea groups is 1. The van der Waals surface area contributed by atoms with Crippen molar-refractivity contribution in [3.63, 3.8) is 0 Å². The lowest BCUT2D eigenvalue weighted by Crippen LogP contribution is -2.30. The number of nitrogens with one attached hydrogen (secondary N) is 2. The largest absolute Gasteiger partial charge is 0.389 e. The fraction of sp³-hybridized carbons (Fsp3) is 0.417. The van der Waals surface area contributed by atoms with Crippen molar-refractivity contribution < 1.29 is 9.90 Å². The van der Waals surface area contributed by atoms with Crippen LogP contribution in [0, 0.1) is 0 Å². The molecule has 0 radical (unpaired) electrons. The van der Waals surface area contributed by atoms with Crippen molar-refractivity contribution in [2.45, 2.75) is 13.0 Å². The van der Waals surface area contributed by atoms with Gasteiger partial charge in [0.2, 0.25) is 0 Å². The molecule has 0 aromatic heterocycles. The monoisotopic (exact) mass is 254 g/mol. The van der Waals surface area contributed by atoms with Gasteiger partial charge in [0.25, 0.3) is 0 Å². The van der Waals surface area contributed by atoms with Crippen LogP contribution in [0.3, 0.4) is 0 Å². The Kier molecular flexibility index (Phi) is 5.86. The third-order valence-electron chi connectivity index (χ3n) is 2.22. The molecule has 1 aromatic carbocycles. The number of anilines is 1. The Morgan fingerprint density at radius 2 is 2.29 bits per heavy atom. The van der Waals surface area contributed by atoms with Crippen molar-refractivity contribution in [3.05, 3.63) is 29.8 Å². The summed E-state index contributed by atoms with van der Waals surface area (Å²) in [5, 5.41) is 14.9. The minimum Gasteiger partial charge on any atom is -0.389 e. The Balaban J connectivity index is 2.50. The Bertz CT molecular complexity index is 369. The zero-order valence-corrected chi connectivity index (χ0v) is 10.9. The van der Waals surface area contributed by atoms with E-state index in [1.807, 2.05) is 12.3 Å². The molecule has 1 rings (SSSR count). The number of rotatable bonds is 5. The van der Waals surface area contributed by atoms with E-state index in [4.69, 9.17) is 0 Å². The Labute approximate surface area is 106 Å². The number of thioether (sulfide) groups is 1. The third-order valence-corrected chi connectivity index (χ3v) is 2.83. The van der Waals surface area contributed by atoms with E-state index in [1.54, 1.807) is 36.9 Å². The van der Waals surface area contributed by atoms with Crippen LogP contribution in [0.15, 0.2) is 24.3 Å². The SMILES string of the molecule is CSCCNC(=O)Nc1cccc(C(C)O)c1. The first kappa shape index (κ1) is 13.9. The number of amides is 2. The number of carbonyl (C=O) groups excluding carboxylic acids is 1. The van der Waals surface area contributed by atoms with Crippen LogP contribution in [0.5, 0.6) is 0 Å². The molecular weight excluding hydrogens is 236 g/mol. The second kappa shape index (κ2) is 7.19. The smallest absolute Gasteiger partial charge is 0.319 e. The van der Waals surface area contributed by atoms with Gasteiger partial charge in [-0.25, -0.2) is 4.79 Å². The van der Waals surface area contributed by atoms with Crippen molar-refractivity contribution >= 4 is 23.5 Å². The van der Waals surface area contributed by atoms with E-state index in [9.17, 15) is 9.90 Å². The van der Waals surface area contributed by atoms with Gasteiger partial charge in [-0.05, 0) is 30.9 Å². The van der Waals surface area contributed by atoms with Gasteiger partial charge in [-0.1, -0.05) is 12.1 Å². The molecule has 1 unspecified atom stereocenters. The van der Waals surface area contributed by atoms with E-state index in [0.717, 1.165) is 11.3 Å². The van der Waals surface area contributed by atoms with Gasteiger partial charge >= 0.3 is 6.03 Å². The number of hydrogen-bond donors (Lipinski definition) is 3. The molecule has 0 saturated heterocycles. The highest BCUT2D eigenvalue weighted by Crippen LogP contribution is 2.16. The first-order chi connectivity index (χ1) is 8.13. The van der Waals surface area contributed by atoms with Gasteiger partial charge in [-0.15, -0.1) is 0 Å². The number of carbonyl (C=O) groups is 1. The first-order valence-corrected chi connectivity index (χ1v) is 6.84. The summed E-state index contributed by atoms with van der Waals surface area (Å²) in [6, 6.07) is 6.96. The predicted octanol–water partition coefficient (Wildman–Crippen LogP) is 2.22. The number of aliphatic hydroxyl groups excluding tert-OH is 1. The van der Waals surface area contributed by atoms with Crippen LogP contribution >= 0.6 is 11.8 Å². The van der Waals surface area contributed by atoms with Crippen molar-refractivity contribution in [2.24, 2.45) is 0 Å². The van der Waals surface area contributed by atoms with Crippen LogP contribution in [-0.4, -0.2) is 29.7 Å². The lowest BCUT2D eigenvalue weighted by molar-refractivity contribution is 0.199. The normalized spacial score (nSPS) is 11.9. The standard InChI is InChI=1S/C12H18N2O2S/c1-9(15)10-4-3-5-11(8-10)14-12(16)13-6-7-17-2/h3-5,8-9,15H,6-7H2,1-2H3,(H2,13,14,16). The maximum atomic E-state index is 11.5. The Hall–Kier alpha value is -1.20. The molecule has 4 nitrogen and oxygen atoms in total. The summed E-state index contributed by atoms with van der Waals surface area (Å²) in [5.74, 6) is 0.890. The van der Waals surface area contributed by atoms with E-state index >= 15 is 0 Å². The molecule has 0 heterocycles. The summed E-state index contributed by atoms with van der Waals surface area (Å²) in [5.41, 5.74) is 1.47. The second-order valence-corrected chi connectivity index (χ2v) is 4.66. The highest BCUT2D eigenvalue weighted by atomic mass is 32.2. The van der Waals surface area contributed by atoms with Crippen LogP contribution in [0.2, 0.25) is 0 Å². The fourth-order valence-electron chi connectivity index (χ4n) is 1.32. The zero-order valence-electron chi connectivity index (χ0n) is 10.1. The topological polar surface area (TPSA) is 61.4 Å². The van der Waals surface area contributed by atoms with Crippen LogP contribution in [0.4, 0.5) is 10.5 Å². The van der Waals surface area contributed by atoms with Gasteiger partial charge < -0.3 is 15.7 Å². The molecule has 1 atom stereocenters. The number of benzene rings is 1. The summed E-state index contributed by atoms with van der Waals surface area (Å²) in [4.78, 5) is 11.5.